The summed E-state index contributed by atoms with van der Waals surface area (Å²) in [5.74, 6) is -0.629. The van der Waals surface area contributed by atoms with Gasteiger partial charge in [-0.1, -0.05) is 24.3 Å². The maximum Gasteiger partial charge on any atom is 0.316 e. The van der Waals surface area contributed by atoms with Crippen molar-refractivity contribution in [2.45, 2.75) is 36.9 Å². The zero-order valence-corrected chi connectivity index (χ0v) is 18.0. The summed E-state index contributed by atoms with van der Waals surface area (Å²) in [5.41, 5.74) is 0.476. The van der Waals surface area contributed by atoms with Crippen LogP contribution in [-0.4, -0.2) is 66.3 Å². The fourth-order valence-corrected chi connectivity index (χ4v) is 7.70. The zero-order valence-electron chi connectivity index (χ0n) is 17.1. The van der Waals surface area contributed by atoms with E-state index in [9.17, 15) is 15.0 Å². The molecular weight excluding hydrogens is 392 g/mol. The van der Waals surface area contributed by atoms with Crippen molar-refractivity contribution in [3.05, 3.63) is 41.5 Å². The van der Waals surface area contributed by atoms with Crippen LogP contribution in [0.15, 0.2) is 35.9 Å². The number of anilines is 1. The Balaban J connectivity index is 0.00000205. The van der Waals surface area contributed by atoms with E-state index in [1.165, 1.54) is 7.11 Å². The number of allylic oxidation sites excluding steroid dienone is 1. The van der Waals surface area contributed by atoms with Gasteiger partial charge in [-0.05, 0) is 30.5 Å². The maximum absolute atomic E-state index is 13.5. The van der Waals surface area contributed by atoms with Gasteiger partial charge in [-0.25, -0.2) is 0 Å². The smallest absolute Gasteiger partial charge is 0.316 e. The number of benzene rings is 1. The second-order valence-electron chi connectivity index (χ2n) is 9.16. The Morgan fingerprint density at radius 3 is 2.79 bits per heavy atom. The number of nitrogens with zero attached hydrogens (tertiary/aromatic N) is 1. The van der Waals surface area contributed by atoms with Crippen LogP contribution < -0.4 is 5.32 Å². The highest BCUT2D eigenvalue weighted by atomic mass is 35.5. The molecule has 158 valence electrons. The normalized spacial score (nSPS) is 45.1. The summed E-state index contributed by atoms with van der Waals surface area (Å²) in [7, 11) is 3.59. The van der Waals surface area contributed by atoms with Crippen molar-refractivity contribution in [2.24, 2.45) is 11.3 Å². The first-order valence-corrected chi connectivity index (χ1v) is 10.1. The lowest BCUT2D eigenvalue weighted by atomic mass is 9.45. The van der Waals surface area contributed by atoms with Gasteiger partial charge in [0.15, 0.2) is 0 Å². The molecule has 6 atom stereocenters. The quantitative estimate of drug-likeness (QED) is 0.385. The van der Waals surface area contributed by atoms with E-state index in [4.69, 9.17) is 4.74 Å². The minimum atomic E-state index is -1.13. The molecule has 1 aromatic carbocycles. The molecule has 0 radical (unpaired) electrons. The first-order chi connectivity index (χ1) is 13.4. The predicted octanol–water partition coefficient (Wildman–Crippen LogP) is 1.81. The predicted molar refractivity (Wildman–Crippen MR) is 112 cm³/mol. The number of carbonyl (C=O) groups is 1. The molecule has 6 nitrogen and oxygen atoms in total. The topological polar surface area (TPSA) is 78.8 Å². The van der Waals surface area contributed by atoms with Crippen molar-refractivity contribution in [1.29, 1.82) is 0 Å². The monoisotopic (exact) mass is 421 g/mol. The Morgan fingerprint density at radius 1 is 1.41 bits per heavy atom. The van der Waals surface area contributed by atoms with Crippen LogP contribution in [0.4, 0.5) is 5.69 Å². The number of aliphatic hydroxyl groups excluding tert-OH is 2. The molecule has 3 N–H and O–H groups in total. The number of nitrogens with one attached hydrogen (secondary N) is 1. The van der Waals surface area contributed by atoms with Crippen LogP contribution in [0.2, 0.25) is 0 Å². The number of para-hydroxylation sites is 1. The number of halogens is 1. The molecule has 0 aromatic heterocycles. The molecular formula is C22H30ClN2O4+. The molecule has 4 fully saturated rings. The minimum Gasteiger partial charge on any atom is -0.468 e. The second kappa shape index (κ2) is 6.20. The highest BCUT2D eigenvalue weighted by Crippen LogP contribution is 2.74. The number of methoxy groups -OCH3 is 1. The number of hydrogen-bond donors (Lipinski definition) is 3. The molecule has 3 unspecified atom stereocenters. The molecule has 1 aromatic rings. The Hall–Kier alpha value is -1.60. The van der Waals surface area contributed by atoms with Gasteiger partial charge in [-0.15, -0.1) is 12.4 Å². The summed E-state index contributed by atoms with van der Waals surface area (Å²) in [6.07, 6.45) is 2.59. The minimum absolute atomic E-state index is 0. The molecule has 4 bridgehead atoms. The van der Waals surface area contributed by atoms with Crippen molar-refractivity contribution in [2.75, 3.05) is 39.2 Å². The molecule has 1 spiro atoms. The van der Waals surface area contributed by atoms with E-state index in [0.29, 0.717) is 17.3 Å². The van der Waals surface area contributed by atoms with Crippen molar-refractivity contribution >= 4 is 24.1 Å². The van der Waals surface area contributed by atoms with E-state index in [1.54, 1.807) is 0 Å². The van der Waals surface area contributed by atoms with Crippen LogP contribution in [0, 0.1) is 11.3 Å². The van der Waals surface area contributed by atoms with Crippen LogP contribution in [0.1, 0.15) is 25.3 Å². The van der Waals surface area contributed by atoms with E-state index in [-0.39, 0.29) is 30.9 Å². The molecule has 7 heteroatoms. The van der Waals surface area contributed by atoms with Gasteiger partial charge < -0.3 is 20.3 Å². The molecule has 4 heterocycles. The van der Waals surface area contributed by atoms with Gasteiger partial charge in [0.2, 0.25) is 5.66 Å². The average Bonchev–Trinajstić information content (AvgIpc) is 3.12. The number of aliphatic hydroxyl groups is 2. The summed E-state index contributed by atoms with van der Waals surface area (Å²) < 4.78 is 5.98. The number of hydrogen-bond acceptors (Lipinski definition) is 5. The molecule has 1 saturated carbocycles. The van der Waals surface area contributed by atoms with Gasteiger partial charge in [0, 0.05) is 18.0 Å². The number of fused-ring (bicyclic) bond motifs is 3. The fraction of sp³-hybridized carbons (Fsp3) is 0.591. The van der Waals surface area contributed by atoms with Crippen molar-refractivity contribution in [1.82, 2.24) is 0 Å². The number of esters is 1. The van der Waals surface area contributed by atoms with E-state index < -0.39 is 22.6 Å². The van der Waals surface area contributed by atoms with Crippen molar-refractivity contribution in [3.63, 3.8) is 0 Å². The van der Waals surface area contributed by atoms with Crippen LogP contribution in [0.3, 0.4) is 0 Å². The lowest BCUT2D eigenvalue weighted by molar-refractivity contribution is -0.944. The zero-order chi connectivity index (χ0) is 19.9. The second-order valence-corrected chi connectivity index (χ2v) is 9.16. The molecule has 5 aliphatic rings. The Bertz CT molecular complexity index is 907. The number of rotatable bonds is 2. The van der Waals surface area contributed by atoms with Crippen molar-refractivity contribution in [3.8, 4) is 0 Å². The summed E-state index contributed by atoms with van der Waals surface area (Å²) >= 11 is 0. The molecule has 29 heavy (non-hydrogen) atoms. The van der Waals surface area contributed by atoms with E-state index >= 15 is 0 Å². The Labute approximate surface area is 177 Å². The summed E-state index contributed by atoms with van der Waals surface area (Å²) in [5, 5.41) is 26.2. The lowest BCUT2D eigenvalue weighted by Crippen LogP contribution is -2.78. The largest absolute Gasteiger partial charge is 0.468 e. The fourth-order valence-electron chi connectivity index (χ4n) is 7.70. The van der Waals surface area contributed by atoms with Crippen LogP contribution >= 0.6 is 12.4 Å². The number of ether oxygens (including phenoxy) is 1. The third-order valence-corrected chi connectivity index (χ3v) is 8.64. The lowest BCUT2D eigenvalue weighted by Gasteiger charge is -2.58. The van der Waals surface area contributed by atoms with Gasteiger partial charge >= 0.3 is 5.97 Å². The molecule has 6 rings (SSSR count). The summed E-state index contributed by atoms with van der Waals surface area (Å²) in [4.78, 5) is 13.5. The number of likely N-dealkylation sites (N-methyl/N-ethyl adjacent to an activating group) is 1. The number of carbonyl (C=O) groups excluding carboxylic acids is 1. The van der Waals surface area contributed by atoms with Crippen molar-refractivity contribution < 1.29 is 24.2 Å². The maximum atomic E-state index is 13.5. The SMILES string of the molecule is C/C=C1\C[N+]2(C)CC[C@@]34c5ccccc5NC32[C@H](O)C[C@H]1C4(CO)C(=O)OC.Cl. The summed E-state index contributed by atoms with van der Waals surface area (Å²) in [6.45, 7) is 3.26. The first-order valence-electron chi connectivity index (χ1n) is 10.1. The van der Waals surface area contributed by atoms with Gasteiger partial charge in [0.1, 0.15) is 18.1 Å². The van der Waals surface area contributed by atoms with Crippen LogP contribution in [0.25, 0.3) is 0 Å². The van der Waals surface area contributed by atoms with E-state index in [0.717, 1.165) is 29.9 Å². The highest BCUT2D eigenvalue weighted by Gasteiger charge is 2.88. The Morgan fingerprint density at radius 2 is 2.14 bits per heavy atom. The average molecular weight is 422 g/mol. The van der Waals surface area contributed by atoms with Gasteiger partial charge in [-0.3, -0.25) is 9.28 Å². The third kappa shape index (κ3) is 1.84. The van der Waals surface area contributed by atoms with Crippen LogP contribution in [0.5, 0.6) is 0 Å². The number of quaternary nitrogens is 1. The highest BCUT2D eigenvalue weighted by molar-refractivity contribution is 5.85. The van der Waals surface area contributed by atoms with Gasteiger partial charge in [-0.2, -0.15) is 0 Å². The standard InChI is InChI=1S/C22H29N2O4.ClH/c1-4-14-12-24(2)10-9-21-15-7-5-6-8-17(15)23-22(21,24)18(26)11-16(14)20(21,13-25)19(27)28-3;/h4-8,16,18,23,25-26H,9-13H2,1-3H3;1H/q+1;/b14-4+;/t16-,18-,20?,21+,22?,24?;/m1./s1. The Kier molecular flexibility index (Phi) is 4.42. The van der Waals surface area contributed by atoms with E-state index in [1.807, 2.05) is 25.1 Å². The van der Waals surface area contributed by atoms with Gasteiger partial charge in [0.05, 0.1) is 32.7 Å². The molecule has 4 aliphatic heterocycles. The molecule has 3 saturated heterocycles. The van der Waals surface area contributed by atoms with Gasteiger partial charge in [0.25, 0.3) is 0 Å². The first kappa shape index (κ1) is 20.7. The summed E-state index contributed by atoms with van der Waals surface area (Å²) in [6, 6.07) is 8.04. The van der Waals surface area contributed by atoms with E-state index in [2.05, 4.69) is 24.5 Å². The third-order valence-electron chi connectivity index (χ3n) is 8.64. The molecule has 1 aliphatic carbocycles. The van der Waals surface area contributed by atoms with Crippen LogP contribution in [-0.2, 0) is 14.9 Å². The molecule has 0 amide bonds.